The van der Waals surface area contributed by atoms with Crippen LogP contribution in [0.2, 0.25) is 0 Å². The number of benzene rings is 1. The van der Waals surface area contributed by atoms with Crippen LogP contribution in [0.25, 0.3) is 0 Å². The molecule has 2 heteroatoms. The van der Waals surface area contributed by atoms with Crippen molar-refractivity contribution in [3.8, 4) is 0 Å². The molecule has 0 fully saturated rings. The Morgan fingerprint density at radius 2 is 1.86 bits per heavy atom. The summed E-state index contributed by atoms with van der Waals surface area (Å²) >= 11 is 0. The maximum Gasteiger partial charge on any atom is 0.224 e. The van der Waals surface area contributed by atoms with E-state index in [9.17, 15) is 4.79 Å². The number of rotatable bonds is 3. The maximum atomic E-state index is 11.3. The molecule has 0 aliphatic carbocycles. The van der Waals surface area contributed by atoms with Gasteiger partial charge in [-0.2, -0.15) is 0 Å². The van der Waals surface area contributed by atoms with Crippen LogP contribution in [0.4, 0.5) is 0 Å². The standard InChI is InChI=1S/C12H17NO/c1-4-10(12(13)14)11-8(2)6-5-7-9(11)3/h5-7,10H,4H2,1-3H3,(H2,13,14). The van der Waals surface area contributed by atoms with Gasteiger partial charge in [-0.25, -0.2) is 0 Å². The second-order valence-electron chi connectivity index (χ2n) is 3.67. The topological polar surface area (TPSA) is 43.1 Å². The summed E-state index contributed by atoms with van der Waals surface area (Å²) < 4.78 is 0. The van der Waals surface area contributed by atoms with Gasteiger partial charge in [0.05, 0.1) is 5.92 Å². The predicted octanol–water partition coefficient (Wildman–Crippen LogP) is 2.28. The molecule has 0 aromatic heterocycles. The van der Waals surface area contributed by atoms with E-state index in [1.165, 1.54) is 0 Å². The highest BCUT2D eigenvalue weighted by atomic mass is 16.1. The van der Waals surface area contributed by atoms with Crippen LogP contribution in [0.5, 0.6) is 0 Å². The lowest BCUT2D eigenvalue weighted by atomic mass is 9.88. The third-order valence-corrected chi connectivity index (χ3v) is 2.64. The summed E-state index contributed by atoms with van der Waals surface area (Å²) in [6.45, 7) is 6.03. The molecule has 1 atom stereocenters. The van der Waals surface area contributed by atoms with E-state index >= 15 is 0 Å². The number of nitrogens with two attached hydrogens (primary N) is 1. The fourth-order valence-corrected chi connectivity index (χ4v) is 1.92. The lowest BCUT2D eigenvalue weighted by Gasteiger charge is -2.16. The Bertz CT molecular complexity index is 324. The molecule has 0 radical (unpaired) electrons. The zero-order valence-corrected chi connectivity index (χ0v) is 9.00. The Morgan fingerprint density at radius 3 is 2.21 bits per heavy atom. The molecule has 0 aliphatic heterocycles. The Morgan fingerprint density at radius 1 is 1.36 bits per heavy atom. The normalized spacial score (nSPS) is 12.5. The highest BCUT2D eigenvalue weighted by Crippen LogP contribution is 2.25. The van der Waals surface area contributed by atoms with Crippen LogP contribution in [-0.4, -0.2) is 5.91 Å². The van der Waals surface area contributed by atoms with Gasteiger partial charge < -0.3 is 5.73 Å². The number of carbonyl (C=O) groups excluding carboxylic acids is 1. The molecule has 1 rings (SSSR count). The Labute approximate surface area is 85.1 Å². The van der Waals surface area contributed by atoms with Crippen molar-refractivity contribution < 1.29 is 4.79 Å². The number of primary amides is 1. The van der Waals surface area contributed by atoms with Crippen LogP contribution in [0.15, 0.2) is 18.2 Å². The second kappa shape index (κ2) is 4.27. The third-order valence-electron chi connectivity index (χ3n) is 2.64. The van der Waals surface area contributed by atoms with E-state index in [0.29, 0.717) is 0 Å². The molecule has 1 unspecified atom stereocenters. The molecule has 0 aliphatic rings. The largest absolute Gasteiger partial charge is 0.369 e. The fourth-order valence-electron chi connectivity index (χ4n) is 1.92. The summed E-state index contributed by atoms with van der Waals surface area (Å²) in [7, 11) is 0. The Kier molecular flexibility index (Phi) is 3.28. The van der Waals surface area contributed by atoms with Crippen molar-refractivity contribution in [3.05, 3.63) is 34.9 Å². The lowest BCUT2D eigenvalue weighted by Crippen LogP contribution is -2.22. The van der Waals surface area contributed by atoms with Gasteiger partial charge in [0, 0.05) is 0 Å². The van der Waals surface area contributed by atoms with Crippen LogP contribution in [0.3, 0.4) is 0 Å². The summed E-state index contributed by atoms with van der Waals surface area (Å²) in [4.78, 5) is 11.3. The molecule has 14 heavy (non-hydrogen) atoms. The number of hydrogen-bond donors (Lipinski definition) is 1. The van der Waals surface area contributed by atoms with Crippen molar-refractivity contribution in [1.82, 2.24) is 0 Å². The zero-order chi connectivity index (χ0) is 10.7. The third kappa shape index (κ3) is 1.95. The number of aryl methyl sites for hydroxylation is 2. The highest BCUT2D eigenvalue weighted by molar-refractivity contribution is 5.82. The molecular weight excluding hydrogens is 174 g/mol. The van der Waals surface area contributed by atoms with E-state index in [2.05, 4.69) is 0 Å². The molecule has 1 aromatic rings. The smallest absolute Gasteiger partial charge is 0.224 e. The second-order valence-corrected chi connectivity index (χ2v) is 3.67. The molecule has 0 bridgehead atoms. The quantitative estimate of drug-likeness (QED) is 0.782. The molecule has 2 N–H and O–H groups in total. The van der Waals surface area contributed by atoms with E-state index in [-0.39, 0.29) is 11.8 Å². The van der Waals surface area contributed by atoms with Gasteiger partial charge in [0.2, 0.25) is 5.91 Å². The van der Waals surface area contributed by atoms with Gasteiger partial charge in [0.25, 0.3) is 0 Å². The maximum absolute atomic E-state index is 11.3. The minimum Gasteiger partial charge on any atom is -0.369 e. The first-order chi connectivity index (χ1) is 6.57. The van der Waals surface area contributed by atoms with Crippen molar-refractivity contribution in [2.75, 3.05) is 0 Å². The van der Waals surface area contributed by atoms with Crippen LogP contribution in [0, 0.1) is 13.8 Å². The highest BCUT2D eigenvalue weighted by Gasteiger charge is 2.18. The molecule has 0 heterocycles. The van der Waals surface area contributed by atoms with E-state index in [1.807, 2.05) is 39.0 Å². The predicted molar refractivity (Wildman–Crippen MR) is 58.1 cm³/mol. The van der Waals surface area contributed by atoms with Gasteiger partial charge in [-0.15, -0.1) is 0 Å². The first-order valence-electron chi connectivity index (χ1n) is 4.93. The van der Waals surface area contributed by atoms with Gasteiger partial charge in [0.15, 0.2) is 0 Å². The average Bonchev–Trinajstić information content (AvgIpc) is 2.10. The van der Waals surface area contributed by atoms with Crippen LogP contribution < -0.4 is 5.73 Å². The molecular formula is C12H17NO. The molecule has 0 spiro atoms. The van der Waals surface area contributed by atoms with Gasteiger partial charge in [-0.1, -0.05) is 25.1 Å². The summed E-state index contributed by atoms with van der Waals surface area (Å²) in [6.07, 6.45) is 0.765. The first kappa shape index (κ1) is 10.8. The van der Waals surface area contributed by atoms with Gasteiger partial charge in [-0.3, -0.25) is 4.79 Å². The van der Waals surface area contributed by atoms with Gasteiger partial charge in [0.1, 0.15) is 0 Å². The summed E-state index contributed by atoms with van der Waals surface area (Å²) in [6, 6.07) is 6.05. The minimum atomic E-state index is -0.232. The van der Waals surface area contributed by atoms with Crippen LogP contribution >= 0.6 is 0 Å². The molecule has 1 amide bonds. The summed E-state index contributed by atoms with van der Waals surface area (Å²) in [5.74, 6) is -0.374. The van der Waals surface area contributed by atoms with Crippen molar-refractivity contribution in [2.24, 2.45) is 5.73 Å². The first-order valence-corrected chi connectivity index (χ1v) is 4.93. The van der Waals surface area contributed by atoms with E-state index in [1.54, 1.807) is 0 Å². The fraction of sp³-hybridized carbons (Fsp3) is 0.417. The summed E-state index contributed by atoms with van der Waals surface area (Å²) in [5.41, 5.74) is 8.78. The van der Waals surface area contributed by atoms with E-state index < -0.39 is 0 Å². The molecule has 0 saturated heterocycles. The molecule has 0 saturated carbocycles. The minimum absolute atomic E-state index is 0.142. The van der Waals surface area contributed by atoms with Gasteiger partial charge >= 0.3 is 0 Å². The zero-order valence-electron chi connectivity index (χ0n) is 9.00. The van der Waals surface area contributed by atoms with E-state index in [0.717, 1.165) is 23.1 Å². The number of hydrogen-bond acceptors (Lipinski definition) is 1. The van der Waals surface area contributed by atoms with Gasteiger partial charge in [-0.05, 0) is 37.0 Å². The SMILES string of the molecule is CCC(C(N)=O)c1c(C)cccc1C. The summed E-state index contributed by atoms with van der Waals surface area (Å²) in [5, 5.41) is 0. The number of amides is 1. The Balaban J connectivity index is 3.22. The monoisotopic (exact) mass is 191 g/mol. The van der Waals surface area contributed by atoms with Crippen LogP contribution in [0.1, 0.15) is 36.0 Å². The van der Waals surface area contributed by atoms with Crippen molar-refractivity contribution in [1.29, 1.82) is 0 Å². The molecule has 2 nitrogen and oxygen atoms in total. The number of carbonyl (C=O) groups is 1. The Hall–Kier alpha value is -1.31. The molecule has 76 valence electrons. The average molecular weight is 191 g/mol. The van der Waals surface area contributed by atoms with E-state index in [4.69, 9.17) is 5.73 Å². The van der Waals surface area contributed by atoms with Crippen molar-refractivity contribution in [3.63, 3.8) is 0 Å². The molecule has 1 aromatic carbocycles. The van der Waals surface area contributed by atoms with Crippen molar-refractivity contribution in [2.45, 2.75) is 33.1 Å². The van der Waals surface area contributed by atoms with Crippen molar-refractivity contribution >= 4 is 5.91 Å². The van der Waals surface area contributed by atoms with Crippen LogP contribution in [-0.2, 0) is 4.79 Å². The lowest BCUT2D eigenvalue weighted by molar-refractivity contribution is -0.119.